The Morgan fingerprint density at radius 3 is 2.55 bits per heavy atom. The predicted molar refractivity (Wildman–Crippen MR) is 110 cm³/mol. The summed E-state index contributed by atoms with van der Waals surface area (Å²) in [5, 5.41) is 4.09. The molecule has 1 atom stereocenters. The van der Waals surface area contributed by atoms with Crippen LogP contribution < -0.4 is 0 Å². The van der Waals surface area contributed by atoms with Gasteiger partial charge in [0.15, 0.2) is 0 Å². The summed E-state index contributed by atoms with van der Waals surface area (Å²) < 4.78 is 19.2. The van der Waals surface area contributed by atoms with Gasteiger partial charge in [-0.15, -0.1) is 0 Å². The molecule has 0 spiro atoms. The first-order valence-corrected chi connectivity index (χ1v) is 10.2. The number of hydrogen-bond acceptors (Lipinski definition) is 5. The average Bonchev–Trinajstić information content (AvgIpc) is 3.24. The summed E-state index contributed by atoms with van der Waals surface area (Å²) in [6.45, 7) is 4.55. The van der Waals surface area contributed by atoms with Gasteiger partial charge in [-0.3, -0.25) is 9.69 Å². The van der Waals surface area contributed by atoms with Gasteiger partial charge in [0.25, 0.3) is 5.91 Å². The number of rotatable bonds is 4. The fraction of sp³-hybridized carbons (Fsp3) is 0.286. The van der Waals surface area contributed by atoms with Gasteiger partial charge < -0.3 is 9.42 Å². The van der Waals surface area contributed by atoms with E-state index in [0.29, 0.717) is 47.9 Å². The van der Waals surface area contributed by atoms with Crippen LogP contribution in [-0.4, -0.2) is 52.0 Å². The van der Waals surface area contributed by atoms with Gasteiger partial charge in [-0.2, -0.15) is 4.98 Å². The van der Waals surface area contributed by atoms with Crippen molar-refractivity contribution < 1.29 is 13.7 Å². The molecule has 0 N–H and O–H groups in total. The van der Waals surface area contributed by atoms with Crippen LogP contribution in [0.5, 0.6) is 0 Å². The second kappa shape index (κ2) is 8.42. The van der Waals surface area contributed by atoms with Crippen molar-refractivity contribution >= 4 is 21.8 Å². The molecule has 1 saturated heterocycles. The Labute approximate surface area is 176 Å². The molecule has 8 heteroatoms. The molecule has 6 nitrogen and oxygen atoms in total. The highest BCUT2D eigenvalue weighted by Crippen LogP contribution is 2.25. The molecule has 29 heavy (non-hydrogen) atoms. The Kier molecular flexibility index (Phi) is 5.73. The molecule has 1 aromatic heterocycles. The summed E-state index contributed by atoms with van der Waals surface area (Å²) in [4.78, 5) is 21.3. The first-order valence-electron chi connectivity index (χ1n) is 9.40. The first kappa shape index (κ1) is 19.7. The number of carbonyl (C=O) groups is 1. The second-order valence-corrected chi connectivity index (χ2v) is 7.80. The van der Waals surface area contributed by atoms with Crippen LogP contribution in [0.4, 0.5) is 4.39 Å². The molecule has 3 aromatic rings. The van der Waals surface area contributed by atoms with Crippen molar-refractivity contribution in [3.8, 4) is 11.4 Å². The zero-order valence-corrected chi connectivity index (χ0v) is 17.5. The van der Waals surface area contributed by atoms with Gasteiger partial charge >= 0.3 is 0 Å². The van der Waals surface area contributed by atoms with E-state index in [2.05, 4.69) is 31.0 Å². The molecule has 2 heterocycles. The normalized spacial score (nSPS) is 16.0. The summed E-state index contributed by atoms with van der Waals surface area (Å²) in [6, 6.07) is 13.8. The Balaban J connectivity index is 1.39. The maximum atomic E-state index is 13.3. The molecular weight excluding hydrogens is 439 g/mol. The molecule has 1 amide bonds. The van der Waals surface area contributed by atoms with E-state index in [1.54, 1.807) is 4.90 Å². The average molecular weight is 459 g/mol. The van der Waals surface area contributed by atoms with Crippen LogP contribution in [0.1, 0.15) is 29.2 Å². The molecule has 0 aliphatic carbocycles. The predicted octanol–water partition coefficient (Wildman–Crippen LogP) is 4.16. The number of piperazine rings is 1. The van der Waals surface area contributed by atoms with Gasteiger partial charge in [0.2, 0.25) is 11.7 Å². The molecular formula is C21H20BrFN4O2. The lowest BCUT2D eigenvalue weighted by Gasteiger charge is -2.37. The summed E-state index contributed by atoms with van der Waals surface area (Å²) in [5.74, 6) is 0.655. The van der Waals surface area contributed by atoms with Gasteiger partial charge in [-0.1, -0.05) is 35.5 Å². The van der Waals surface area contributed by atoms with E-state index in [0.717, 1.165) is 5.56 Å². The molecule has 1 unspecified atom stereocenters. The number of aromatic nitrogens is 2. The smallest absolute Gasteiger partial charge is 0.255 e. The Morgan fingerprint density at radius 1 is 1.14 bits per heavy atom. The summed E-state index contributed by atoms with van der Waals surface area (Å²) in [5.41, 5.74) is 1.38. The number of carbonyl (C=O) groups excluding carboxylic acids is 1. The monoisotopic (exact) mass is 458 g/mol. The Bertz CT molecular complexity index is 1000. The van der Waals surface area contributed by atoms with Crippen LogP contribution in [0.15, 0.2) is 57.5 Å². The Hall–Kier alpha value is -2.58. The highest BCUT2D eigenvalue weighted by Gasteiger charge is 2.28. The van der Waals surface area contributed by atoms with Crippen molar-refractivity contribution in [3.63, 3.8) is 0 Å². The molecule has 0 saturated carbocycles. The molecule has 2 aromatic carbocycles. The minimum absolute atomic E-state index is 0.0465. The fourth-order valence-corrected chi connectivity index (χ4v) is 3.93. The zero-order valence-electron chi connectivity index (χ0n) is 15.9. The van der Waals surface area contributed by atoms with E-state index in [4.69, 9.17) is 4.52 Å². The van der Waals surface area contributed by atoms with E-state index in [1.807, 2.05) is 37.3 Å². The van der Waals surface area contributed by atoms with Crippen LogP contribution in [0.3, 0.4) is 0 Å². The van der Waals surface area contributed by atoms with Crippen molar-refractivity contribution in [3.05, 3.63) is 70.3 Å². The number of halogens is 2. The molecule has 0 bridgehead atoms. The van der Waals surface area contributed by atoms with E-state index in [9.17, 15) is 9.18 Å². The number of hydrogen-bond donors (Lipinski definition) is 0. The molecule has 1 aliphatic heterocycles. The third-order valence-electron chi connectivity index (χ3n) is 5.14. The standard InChI is InChI=1S/C21H20BrFN4O2/c1-14(20-24-19(25-29-20)15-5-3-2-4-6-15)26-9-11-27(12-10-26)21(28)17-8-7-16(23)13-18(17)22/h2-8,13-14H,9-12H2,1H3. The van der Waals surface area contributed by atoms with Gasteiger partial charge in [0, 0.05) is 36.2 Å². The molecule has 1 fully saturated rings. The van der Waals surface area contributed by atoms with Crippen LogP contribution in [0.2, 0.25) is 0 Å². The van der Waals surface area contributed by atoms with Crippen molar-refractivity contribution in [2.75, 3.05) is 26.2 Å². The lowest BCUT2D eigenvalue weighted by Crippen LogP contribution is -2.49. The summed E-state index contributed by atoms with van der Waals surface area (Å²) in [7, 11) is 0. The highest BCUT2D eigenvalue weighted by molar-refractivity contribution is 9.10. The quantitative estimate of drug-likeness (QED) is 0.587. The lowest BCUT2D eigenvalue weighted by molar-refractivity contribution is 0.0551. The molecule has 1 aliphatic rings. The van der Waals surface area contributed by atoms with Gasteiger partial charge in [-0.25, -0.2) is 4.39 Å². The topological polar surface area (TPSA) is 62.5 Å². The summed E-state index contributed by atoms with van der Waals surface area (Å²) in [6.07, 6.45) is 0. The van der Waals surface area contributed by atoms with E-state index in [1.165, 1.54) is 18.2 Å². The van der Waals surface area contributed by atoms with Gasteiger partial charge in [0.05, 0.1) is 11.6 Å². The van der Waals surface area contributed by atoms with Gasteiger partial charge in [0.1, 0.15) is 5.82 Å². The highest BCUT2D eigenvalue weighted by atomic mass is 79.9. The van der Waals surface area contributed by atoms with E-state index < -0.39 is 0 Å². The largest absolute Gasteiger partial charge is 0.337 e. The lowest BCUT2D eigenvalue weighted by atomic mass is 10.1. The van der Waals surface area contributed by atoms with E-state index >= 15 is 0 Å². The number of amides is 1. The SMILES string of the molecule is CC(c1nc(-c2ccccc2)no1)N1CCN(C(=O)c2ccc(F)cc2Br)CC1. The molecule has 4 rings (SSSR count). The van der Waals surface area contributed by atoms with Crippen LogP contribution in [0.25, 0.3) is 11.4 Å². The molecule has 150 valence electrons. The second-order valence-electron chi connectivity index (χ2n) is 6.95. The third kappa shape index (κ3) is 4.23. The molecule has 0 radical (unpaired) electrons. The number of nitrogens with zero attached hydrogens (tertiary/aromatic N) is 4. The van der Waals surface area contributed by atoms with E-state index in [-0.39, 0.29) is 17.8 Å². The third-order valence-corrected chi connectivity index (χ3v) is 5.80. The Morgan fingerprint density at radius 2 is 1.86 bits per heavy atom. The van der Waals surface area contributed by atoms with Crippen LogP contribution in [-0.2, 0) is 0 Å². The van der Waals surface area contributed by atoms with Crippen molar-refractivity contribution in [2.45, 2.75) is 13.0 Å². The van der Waals surface area contributed by atoms with Crippen LogP contribution >= 0.6 is 15.9 Å². The van der Waals surface area contributed by atoms with Crippen molar-refractivity contribution in [1.29, 1.82) is 0 Å². The zero-order chi connectivity index (χ0) is 20.4. The maximum absolute atomic E-state index is 13.3. The first-order chi connectivity index (χ1) is 14.0. The fourth-order valence-electron chi connectivity index (χ4n) is 3.41. The van der Waals surface area contributed by atoms with Gasteiger partial charge in [-0.05, 0) is 41.1 Å². The summed E-state index contributed by atoms with van der Waals surface area (Å²) >= 11 is 3.28. The maximum Gasteiger partial charge on any atom is 0.255 e. The van der Waals surface area contributed by atoms with Crippen molar-refractivity contribution in [1.82, 2.24) is 19.9 Å². The minimum Gasteiger partial charge on any atom is -0.337 e. The number of benzene rings is 2. The van der Waals surface area contributed by atoms with Crippen LogP contribution in [0, 0.1) is 5.82 Å². The van der Waals surface area contributed by atoms with Crippen molar-refractivity contribution in [2.24, 2.45) is 0 Å². The minimum atomic E-state index is -0.374.